The first-order chi connectivity index (χ1) is 8.09. The van der Waals surface area contributed by atoms with Crippen molar-refractivity contribution in [2.75, 3.05) is 6.61 Å². The maximum absolute atomic E-state index is 10.7. The fourth-order valence-corrected chi connectivity index (χ4v) is 5.86. The van der Waals surface area contributed by atoms with Gasteiger partial charge in [-0.2, -0.15) is 0 Å². The Morgan fingerprint density at radius 3 is 2.29 bits per heavy atom. The third-order valence-electron chi connectivity index (χ3n) is 5.91. The van der Waals surface area contributed by atoms with Gasteiger partial charge in [-0.25, -0.2) is 0 Å². The van der Waals surface area contributed by atoms with Crippen LogP contribution in [-0.2, 0) is 0 Å². The van der Waals surface area contributed by atoms with Gasteiger partial charge in [-0.05, 0) is 68.1 Å². The molecule has 4 fully saturated rings. The summed E-state index contributed by atoms with van der Waals surface area (Å²) < 4.78 is 0. The summed E-state index contributed by atoms with van der Waals surface area (Å²) in [5, 5.41) is 20.0. The molecule has 0 aromatic rings. The Kier molecular flexibility index (Phi) is 2.79. The van der Waals surface area contributed by atoms with E-state index in [1.54, 1.807) is 0 Å². The van der Waals surface area contributed by atoms with Gasteiger partial charge in [-0.1, -0.05) is 13.3 Å². The van der Waals surface area contributed by atoms with Crippen LogP contribution in [0.25, 0.3) is 0 Å². The number of aliphatic hydroxyl groups is 2. The Balaban J connectivity index is 1.87. The van der Waals surface area contributed by atoms with Gasteiger partial charge >= 0.3 is 0 Å². The van der Waals surface area contributed by atoms with Crippen LogP contribution in [0.4, 0.5) is 0 Å². The molecule has 0 radical (unpaired) electrons. The van der Waals surface area contributed by atoms with Crippen molar-refractivity contribution in [2.45, 2.75) is 63.9 Å². The molecule has 0 saturated heterocycles. The minimum absolute atomic E-state index is 0.314. The Morgan fingerprint density at radius 1 is 1.18 bits per heavy atom. The third kappa shape index (κ3) is 1.84. The summed E-state index contributed by atoms with van der Waals surface area (Å²) in [5.74, 6) is 2.17. The van der Waals surface area contributed by atoms with Crippen LogP contribution in [0.2, 0.25) is 0 Å². The maximum atomic E-state index is 10.7. The average Bonchev–Trinajstić information content (AvgIpc) is 2.22. The van der Waals surface area contributed by atoms with E-state index < -0.39 is 0 Å². The fraction of sp³-hybridized carbons (Fsp3) is 1.00. The molecule has 2 heteroatoms. The lowest BCUT2D eigenvalue weighted by molar-refractivity contribution is -0.183. The normalized spacial score (nSPS) is 49.6. The number of hydrogen-bond donors (Lipinski definition) is 2. The van der Waals surface area contributed by atoms with Gasteiger partial charge in [0.25, 0.3) is 0 Å². The zero-order valence-electron chi connectivity index (χ0n) is 11.0. The van der Waals surface area contributed by atoms with Crippen LogP contribution in [0.5, 0.6) is 0 Å². The second-order valence-electron chi connectivity index (χ2n) is 7.17. The number of hydrogen-bond acceptors (Lipinski definition) is 2. The van der Waals surface area contributed by atoms with Gasteiger partial charge in [0, 0.05) is 6.61 Å². The lowest BCUT2D eigenvalue weighted by Crippen LogP contribution is -2.57. The molecule has 0 heterocycles. The molecule has 0 amide bonds. The van der Waals surface area contributed by atoms with Crippen molar-refractivity contribution in [3.8, 4) is 0 Å². The minimum Gasteiger partial charge on any atom is -0.396 e. The van der Waals surface area contributed by atoms with Gasteiger partial charge in [0.1, 0.15) is 0 Å². The largest absolute Gasteiger partial charge is 0.396 e. The summed E-state index contributed by atoms with van der Waals surface area (Å²) >= 11 is 0. The molecule has 3 unspecified atom stereocenters. The van der Waals surface area contributed by atoms with E-state index in [-0.39, 0.29) is 5.60 Å². The summed E-state index contributed by atoms with van der Waals surface area (Å²) in [7, 11) is 0. The summed E-state index contributed by atoms with van der Waals surface area (Å²) in [6.45, 7) is 2.57. The standard InChI is InChI=1S/C15H26O2/c1-2-13(3-4-16)14-6-11-5-12(7-14)9-15(17,8-11)10-14/h11-13,16-17H,2-10H2,1H3. The topological polar surface area (TPSA) is 40.5 Å². The van der Waals surface area contributed by atoms with Crippen molar-refractivity contribution in [1.82, 2.24) is 0 Å². The van der Waals surface area contributed by atoms with Crippen LogP contribution in [0, 0.1) is 23.2 Å². The second kappa shape index (κ2) is 3.96. The predicted octanol–water partition coefficient (Wildman–Crippen LogP) is 2.73. The van der Waals surface area contributed by atoms with Crippen molar-refractivity contribution in [2.24, 2.45) is 23.2 Å². The molecule has 4 bridgehead atoms. The van der Waals surface area contributed by atoms with Gasteiger partial charge in [0.05, 0.1) is 5.60 Å². The SMILES string of the molecule is CCC(CCO)C12CC3CC(CC(O)(C3)C1)C2. The molecule has 4 aliphatic carbocycles. The molecule has 4 rings (SSSR count). The van der Waals surface area contributed by atoms with E-state index >= 15 is 0 Å². The zero-order valence-corrected chi connectivity index (χ0v) is 11.0. The highest BCUT2D eigenvalue weighted by Gasteiger charge is 2.58. The van der Waals surface area contributed by atoms with Crippen LogP contribution in [0.3, 0.4) is 0 Å². The molecule has 4 saturated carbocycles. The Morgan fingerprint density at radius 2 is 1.82 bits per heavy atom. The smallest absolute Gasteiger partial charge is 0.0658 e. The highest BCUT2D eigenvalue weighted by atomic mass is 16.3. The molecule has 2 N–H and O–H groups in total. The van der Waals surface area contributed by atoms with Crippen molar-refractivity contribution >= 4 is 0 Å². The quantitative estimate of drug-likeness (QED) is 0.790. The highest BCUT2D eigenvalue weighted by molar-refractivity contribution is 5.09. The Hall–Kier alpha value is -0.0800. The van der Waals surface area contributed by atoms with Crippen LogP contribution in [0.15, 0.2) is 0 Å². The summed E-state index contributed by atoms with van der Waals surface area (Å²) in [5.41, 5.74) is 0.0310. The Bertz CT molecular complexity index is 285. The zero-order chi connectivity index (χ0) is 12.1. The summed E-state index contributed by atoms with van der Waals surface area (Å²) in [6, 6.07) is 0. The molecule has 0 spiro atoms. The molecular formula is C15H26O2. The second-order valence-corrected chi connectivity index (χ2v) is 7.17. The fourth-order valence-electron chi connectivity index (χ4n) is 5.86. The number of aliphatic hydroxyl groups excluding tert-OH is 1. The van der Waals surface area contributed by atoms with Crippen LogP contribution in [0.1, 0.15) is 58.3 Å². The van der Waals surface area contributed by atoms with E-state index in [2.05, 4.69) is 6.92 Å². The number of rotatable bonds is 4. The first kappa shape index (κ1) is 12.0. The van der Waals surface area contributed by atoms with Gasteiger partial charge in [-0.3, -0.25) is 0 Å². The van der Waals surface area contributed by atoms with E-state index in [1.165, 1.54) is 19.3 Å². The third-order valence-corrected chi connectivity index (χ3v) is 5.91. The van der Waals surface area contributed by atoms with E-state index in [0.29, 0.717) is 17.9 Å². The Labute approximate surface area is 104 Å². The van der Waals surface area contributed by atoms with Gasteiger partial charge in [0.15, 0.2) is 0 Å². The maximum Gasteiger partial charge on any atom is 0.0658 e. The highest BCUT2D eigenvalue weighted by Crippen LogP contribution is 2.64. The molecule has 0 aliphatic heterocycles. The van der Waals surface area contributed by atoms with Crippen molar-refractivity contribution in [3.63, 3.8) is 0 Å². The van der Waals surface area contributed by atoms with Gasteiger partial charge in [0.2, 0.25) is 0 Å². The first-order valence-electron chi connectivity index (χ1n) is 7.42. The van der Waals surface area contributed by atoms with Crippen molar-refractivity contribution in [1.29, 1.82) is 0 Å². The molecule has 4 aliphatic rings. The molecule has 3 atom stereocenters. The summed E-state index contributed by atoms with van der Waals surface area (Å²) in [6.07, 6.45) is 9.24. The predicted molar refractivity (Wildman–Crippen MR) is 67.5 cm³/mol. The summed E-state index contributed by atoms with van der Waals surface area (Å²) in [4.78, 5) is 0. The lowest BCUT2D eigenvalue weighted by Gasteiger charge is -2.62. The minimum atomic E-state index is -0.340. The molecule has 98 valence electrons. The van der Waals surface area contributed by atoms with E-state index in [1.807, 2.05) is 0 Å². The lowest BCUT2D eigenvalue weighted by atomic mass is 9.44. The molecule has 0 aromatic heterocycles. The molecule has 0 aromatic carbocycles. The van der Waals surface area contributed by atoms with Crippen molar-refractivity contribution in [3.05, 3.63) is 0 Å². The van der Waals surface area contributed by atoms with Gasteiger partial charge < -0.3 is 10.2 Å². The van der Waals surface area contributed by atoms with Crippen LogP contribution in [-0.4, -0.2) is 22.4 Å². The monoisotopic (exact) mass is 238 g/mol. The molecule has 17 heavy (non-hydrogen) atoms. The molecule has 2 nitrogen and oxygen atoms in total. The van der Waals surface area contributed by atoms with Crippen molar-refractivity contribution < 1.29 is 10.2 Å². The molecular weight excluding hydrogens is 212 g/mol. The van der Waals surface area contributed by atoms with E-state index in [0.717, 1.165) is 43.9 Å². The van der Waals surface area contributed by atoms with E-state index in [4.69, 9.17) is 0 Å². The van der Waals surface area contributed by atoms with Crippen LogP contribution >= 0.6 is 0 Å². The average molecular weight is 238 g/mol. The first-order valence-corrected chi connectivity index (χ1v) is 7.42. The van der Waals surface area contributed by atoms with Crippen LogP contribution < -0.4 is 0 Å². The van der Waals surface area contributed by atoms with Gasteiger partial charge in [-0.15, -0.1) is 0 Å². The van der Waals surface area contributed by atoms with E-state index in [9.17, 15) is 10.2 Å².